The zero-order valence-corrected chi connectivity index (χ0v) is 11.0. The van der Waals surface area contributed by atoms with Gasteiger partial charge in [-0.05, 0) is 12.3 Å². The Morgan fingerprint density at radius 3 is 2.69 bits per heavy atom. The van der Waals surface area contributed by atoms with Crippen molar-refractivity contribution in [3.05, 3.63) is 11.9 Å². The molecule has 1 aromatic heterocycles. The van der Waals surface area contributed by atoms with Gasteiger partial charge in [0, 0.05) is 24.2 Å². The van der Waals surface area contributed by atoms with Crippen LogP contribution >= 0.6 is 0 Å². The average molecular weight is 221 g/mol. The van der Waals surface area contributed by atoms with Crippen LogP contribution in [-0.4, -0.2) is 15.6 Å². The average Bonchev–Trinajstić information content (AvgIpc) is 2.58. The molecular formula is C13H23N3. The third-order valence-electron chi connectivity index (χ3n) is 3.35. The van der Waals surface area contributed by atoms with Gasteiger partial charge in [-0.25, -0.2) is 4.98 Å². The quantitative estimate of drug-likeness (QED) is 0.790. The van der Waals surface area contributed by atoms with E-state index in [9.17, 15) is 0 Å². The van der Waals surface area contributed by atoms with E-state index in [1.54, 1.807) is 0 Å². The number of hydrogen-bond acceptors (Lipinski definition) is 2. The summed E-state index contributed by atoms with van der Waals surface area (Å²) in [5.74, 6) is 1.72. The number of aryl methyl sites for hydroxylation is 1. The van der Waals surface area contributed by atoms with E-state index in [4.69, 9.17) is 4.98 Å². The maximum atomic E-state index is 4.71. The second-order valence-electron chi connectivity index (χ2n) is 6.18. The molecule has 1 unspecified atom stereocenters. The molecule has 0 amide bonds. The molecule has 1 aliphatic heterocycles. The monoisotopic (exact) mass is 221 g/mol. The topological polar surface area (TPSA) is 29.9 Å². The molecule has 0 spiro atoms. The Hall–Kier alpha value is -0.990. The zero-order chi connectivity index (χ0) is 11.9. The van der Waals surface area contributed by atoms with Crippen molar-refractivity contribution in [2.45, 2.75) is 59.0 Å². The predicted molar refractivity (Wildman–Crippen MR) is 67.8 cm³/mol. The van der Waals surface area contributed by atoms with Gasteiger partial charge in [0.2, 0.25) is 5.95 Å². The molecule has 2 rings (SSSR count). The smallest absolute Gasteiger partial charge is 0.203 e. The summed E-state index contributed by atoms with van der Waals surface area (Å²) >= 11 is 0. The highest BCUT2D eigenvalue weighted by atomic mass is 15.2. The van der Waals surface area contributed by atoms with Gasteiger partial charge in [0.15, 0.2) is 0 Å². The van der Waals surface area contributed by atoms with E-state index >= 15 is 0 Å². The van der Waals surface area contributed by atoms with Crippen LogP contribution in [0.15, 0.2) is 6.20 Å². The van der Waals surface area contributed by atoms with Crippen molar-refractivity contribution in [1.82, 2.24) is 9.55 Å². The van der Waals surface area contributed by atoms with Crippen LogP contribution in [0.3, 0.4) is 0 Å². The molecule has 0 saturated carbocycles. The second-order valence-corrected chi connectivity index (χ2v) is 6.18. The Morgan fingerprint density at radius 2 is 2.12 bits per heavy atom. The minimum absolute atomic E-state index is 0.138. The number of anilines is 1. The third-order valence-corrected chi connectivity index (χ3v) is 3.35. The fourth-order valence-electron chi connectivity index (χ4n) is 2.08. The Kier molecular flexibility index (Phi) is 2.72. The number of fused-ring (bicyclic) bond motifs is 1. The standard InChI is InChI=1S/C13H23N3/c1-9(2)10-6-7-16-8-11(13(3,4)5)15-12(16)14-10/h8-10H,6-7H2,1-5H3,(H,14,15). The first kappa shape index (κ1) is 11.5. The molecule has 0 aliphatic carbocycles. The maximum Gasteiger partial charge on any atom is 0.203 e. The van der Waals surface area contributed by atoms with Gasteiger partial charge in [0.05, 0.1) is 5.69 Å². The van der Waals surface area contributed by atoms with E-state index in [1.165, 1.54) is 12.1 Å². The number of rotatable bonds is 1. The van der Waals surface area contributed by atoms with E-state index in [1.807, 2.05) is 0 Å². The van der Waals surface area contributed by atoms with Gasteiger partial charge in [-0.15, -0.1) is 0 Å². The summed E-state index contributed by atoms with van der Waals surface area (Å²) in [6.07, 6.45) is 3.39. The lowest BCUT2D eigenvalue weighted by Crippen LogP contribution is -2.32. The summed E-state index contributed by atoms with van der Waals surface area (Å²) < 4.78 is 2.25. The molecule has 1 atom stereocenters. The molecule has 0 fully saturated rings. The summed E-state index contributed by atoms with van der Waals surface area (Å²) in [5, 5.41) is 3.54. The summed E-state index contributed by atoms with van der Waals surface area (Å²) in [4.78, 5) is 4.71. The molecule has 16 heavy (non-hydrogen) atoms. The Bertz CT molecular complexity index is 371. The molecule has 0 radical (unpaired) electrons. The SMILES string of the molecule is CC(C)C1CCn2cc(C(C)(C)C)nc2N1. The molecule has 1 aromatic rings. The van der Waals surface area contributed by atoms with Crippen LogP contribution in [0.5, 0.6) is 0 Å². The Labute approximate surface area is 98.3 Å². The second kappa shape index (κ2) is 3.79. The van der Waals surface area contributed by atoms with Crippen LogP contribution in [-0.2, 0) is 12.0 Å². The largest absolute Gasteiger partial charge is 0.353 e. The van der Waals surface area contributed by atoms with Crippen molar-refractivity contribution in [1.29, 1.82) is 0 Å². The molecule has 3 nitrogen and oxygen atoms in total. The van der Waals surface area contributed by atoms with Crippen LogP contribution in [0.2, 0.25) is 0 Å². The van der Waals surface area contributed by atoms with Crippen molar-refractivity contribution >= 4 is 5.95 Å². The normalized spacial score (nSPS) is 20.8. The lowest BCUT2D eigenvalue weighted by molar-refractivity contribution is 0.433. The number of nitrogens with zero attached hydrogens (tertiary/aromatic N) is 2. The first-order chi connectivity index (χ1) is 7.38. The Morgan fingerprint density at radius 1 is 1.44 bits per heavy atom. The number of hydrogen-bond donors (Lipinski definition) is 1. The fourth-order valence-corrected chi connectivity index (χ4v) is 2.08. The lowest BCUT2D eigenvalue weighted by Gasteiger charge is -2.28. The molecule has 90 valence electrons. The molecular weight excluding hydrogens is 198 g/mol. The van der Waals surface area contributed by atoms with E-state index in [0.717, 1.165) is 12.5 Å². The van der Waals surface area contributed by atoms with Gasteiger partial charge in [0.1, 0.15) is 0 Å². The van der Waals surface area contributed by atoms with Crippen molar-refractivity contribution < 1.29 is 0 Å². The van der Waals surface area contributed by atoms with Crippen molar-refractivity contribution in [3.8, 4) is 0 Å². The van der Waals surface area contributed by atoms with Crippen LogP contribution in [0.1, 0.15) is 46.7 Å². The van der Waals surface area contributed by atoms with E-state index in [2.05, 4.69) is 50.7 Å². The molecule has 1 aliphatic rings. The van der Waals surface area contributed by atoms with E-state index < -0.39 is 0 Å². The highest BCUT2D eigenvalue weighted by Crippen LogP contribution is 2.27. The number of imidazole rings is 1. The van der Waals surface area contributed by atoms with Crippen molar-refractivity contribution in [2.24, 2.45) is 5.92 Å². The highest BCUT2D eigenvalue weighted by Gasteiger charge is 2.25. The van der Waals surface area contributed by atoms with E-state index in [0.29, 0.717) is 12.0 Å². The molecule has 2 heterocycles. The van der Waals surface area contributed by atoms with E-state index in [-0.39, 0.29) is 5.41 Å². The minimum atomic E-state index is 0.138. The van der Waals surface area contributed by atoms with Gasteiger partial charge in [-0.1, -0.05) is 34.6 Å². The zero-order valence-electron chi connectivity index (χ0n) is 11.0. The molecule has 1 N–H and O–H groups in total. The molecule has 3 heteroatoms. The number of aromatic nitrogens is 2. The summed E-state index contributed by atoms with van der Waals surface area (Å²) in [5.41, 5.74) is 1.32. The van der Waals surface area contributed by atoms with Crippen LogP contribution in [0.25, 0.3) is 0 Å². The van der Waals surface area contributed by atoms with Gasteiger partial charge < -0.3 is 9.88 Å². The van der Waals surface area contributed by atoms with Crippen molar-refractivity contribution in [2.75, 3.05) is 5.32 Å². The Balaban J connectivity index is 2.23. The maximum absolute atomic E-state index is 4.71. The molecule has 0 saturated heterocycles. The number of nitrogens with one attached hydrogen (secondary N) is 1. The minimum Gasteiger partial charge on any atom is -0.353 e. The molecule has 0 bridgehead atoms. The van der Waals surface area contributed by atoms with Crippen LogP contribution < -0.4 is 5.32 Å². The van der Waals surface area contributed by atoms with Gasteiger partial charge in [-0.3, -0.25) is 0 Å². The van der Waals surface area contributed by atoms with Crippen LogP contribution in [0, 0.1) is 5.92 Å². The van der Waals surface area contributed by atoms with Gasteiger partial charge >= 0.3 is 0 Å². The molecule has 0 aromatic carbocycles. The predicted octanol–water partition coefficient (Wildman–Crippen LogP) is 3.02. The summed E-state index contributed by atoms with van der Waals surface area (Å²) in [7, 11) is 0. The summed E-state index contributed by atoms with van der Waals surface area (Å²) in [6, 6.07) is 0.572. The fraction of sp³-hybridized carbons (Fsp3) is 0.769. The van der Waals surface area contributed by atoms with Gasteiger partial charge in [-0.2, -0.15) is 0 Å². The first-order valence-electron chi connectivity index (χ1n) is 6.22. The lowest BCUT2D eigenvalue weighted by atomic mass is 9.93. The summed E-state index contributed by atoms with van der Waals surface area (Å²) in [6.45, 7) is 12.2. The third kappa shape index (κ3) is 2.08. The highest BCUT2D eigenvalue weighted by molar-refractivity contribution is 5.34. The van der Waals surface area contributed by atoms with Crippen LogP contribution in [0.4, 0.5) is 5.95 Å². The van der Waals surface area contributed by atoms with Gasteiger partial charge in [0.25, 0.3) is 0 Å². The van der Waals surface area contributed by atoms with Crippen molar-refractivity contribution in [3.63, 3.8) is 0 Å². The first-order valence-corrected chi connectivity index (χ1v) is 6.22.